The van der Waals surface area contributed by atoms with Crippen molar-refractivity contribution < 1.29 is 29.0 Å². The summed E-state index contributed by atoms with van der Waals surface area (Å²) in [5.74, 6) is -1.48. The van der Waals surface area contributed by atoms with Gasteiger partial charge in [-0.2, -0.15) is 0 Å². The van der Waals surface area contributed by atoms with Gasteiger partial charge in [0.2, 0.25) is 6.29 Å². The monoisotopic (exact) mass is 331 g/mol. The summed E-state index contributed by atoms with van der Waals surface area (Å²) in [4.78, 5) is 34.1. The Morgan fingerprint density at radius 1 is 1.09 bits per heavy atom. The summed E-state index contributed by atoms with van der Waals surface area (Å²) in [7, 11) is 0. The van der Waals surface area contributed by atoms with Crippen LogP contribution in [-0.4, -0.2) is 36.0 Å². The standard InChI is InChI=1S/C16H29NO6/c1-6-14(22-15(20)11(4)5)23-16(21)17-9-12(7-10(2)3)8-13(18)19/h10-12,14H,6-9H2,1-5H3,(H,17,21)(H,18,19)/t12-,14?/m0/s1. The number of alkyl carbamates (subject to hydrolysis) is 1. The van der Waals surface area contributed by atoms with Gasteiger partial charge >= 0.3 is 18.0 Å². The molecule has 1 unspecified atom stereocenters. The fraction of sp³-hybridized carbons (Fsp3) is 0.812. The van der Waals surface area contributed by atoms with Crippen molar-refractivity contribution in [2.75, 3.05) is 6.54 Å². The number of carbonyl (C=O) groups excluding carboxylic acids is 2. The molecule has 7 heteroatoms. The number of nitrogens with one attached hydrogen (secondary N) is 1. The molecule has 0 heterocycles. The smallest absolute Gasteiger partial charge is 0.410 e. The Labute approximate surface area is 137 Å². The Hall–Kier alpha value is -1.79. The Morgan fingerprint density at radius 3 is 2.13 bits per heavy atom. The largest absolute Gasteiger partial charge is 0.481 e. The van der Waals surface area contributed by atoms with E-state index < -0.39 is 24.3 Å². The summed E-state index contributed by atoms with van der Waals surface area (Å²) in [6.45, 7) is 9.31. The van der Waals surface area contributed by atoms with Gasteiger partial charge < -0.3 is 19.9 Å². The second-order valence-corrected chi connectivity index (χ2v) is 6.31. The molecule has 0 aromatic heterocycles. The fourth-order valence-corrected chi connectivity index (χ4v) is 2.00. The summed E-state index contributed by atoms with van der Waals surface area (Å²) < 4.78 is 10.1. The summed E-state index contributed by atoms with van der Waals surface area (Å²) in [5.41, 5.74) is 0. The van der Waals surface area contributed by atoms with Crippen LogP contribution < -0.4 is 5.32 Å². The van der Waals surface area contributed by atoms with Crippen molar-refractivity contribution in [3.05, 3.63) is 0 Å². The third-order valence-corrected chi connectivity index (χ3v) is 3.09. The van der Waals surface area contributed by atoms with Crippen molar-refractivity contribution in [1.29, 1.82) is 0 Å². The minimum atomic E-state index is -0.937. The SMILES string of the molecule is CCC(OC(=O)NC[C@H](CC(=O)O)CC(C)C)OC(=O)C(C)C. The minimum Gasteiger partial charge on any atom is -0.481 e. The van der Waals surface area contributed by atoms with Crippen LogP contribution >= 0.6 is 0 Å². The number of hydrogen-bond donors (Lipinski definition) is 2. The van der Waals surface area contributed by atoms with Crippen LogP contribution in [0.25, 0.3) is 0 Å². The zero-order valence-electron chi connectivity index (χ0n) is 14.6. The molecule has 0 aromatic rings. The summed E-state index contributed by atoms with van der Waals surface area (Å²) in [5, 5.41) is 11.4. The number of carbonyl (C=O) groups is 3. The molecule has 0 aliphatic rings. The number of ether oxygens (including phenoxy) is 2. The van der Waals surface area contributed by atoms with Gasteiger partial charge in [0.25, 0.3) is 0 Å². The van der Waals surface area contributed by atoms with Crippen LogP contribution in [0.2, 0.25) is 0 Å². The second kappa shape index (κ2) is 10.9. The number of hydrogen-bond acceptors (Lipinski definition) is 5. The molecule has 2 N–H and O–H groups in total. The molecule has 0 radical (unpaired) electrons. The molecule has 1 amide bonds. The van der Waals surface area contributed by atoms with Crippen molar-refractivity contribution in [3.63, 3.8) is 0 Å². The Morgan fingerprint density at radius 2 is 1.70 bits per heavy atom. The molecule has 0 aromatic carbocycles. The van der Waals surface area contributed by atoms with E-state index in [2.05, 4.69) is 5.32 Å². The number of amides is 1. The summed E-state index contributed by atoms with van der Waals surface area (Å²) in [6.07, 6.45) is -0.638. The van der Waals surface area contributed by atoms with E-state index in [9.17, 15) is 14.4 Å². The number of rotatable bonds is 10. The molecule has 2 atom stereocenters. The maximum absolute atomic E-state index is 11.8. The van der Waals surface area contributed by atoms with E-state index in [-0.39, 0.29) is 24.8 Å². The highest BCUT2D eigenvalue weighted by Crippen LogP contribution is 2.15. The average Bonchev–Trinajstić information content (AvgIpc) is 2.42. The maximum atomic E-state index is 11.8. The van der Waals surface area contributed by atoms with Crippen LogP contribution in [0.5, 0.6) is 0 Å². The van der Waals surface area contributed by atoms with Crippen LogP contribution in [-0.2, 0) is 19.1 Å². The van der Waals surface area contributed by atoms with Crippen molar-refractivity contribution >= 4 is 18.0 Å². The molecule has 0 fully saturated rings. The highest BCUT2D eigenvalue weighted by molar-refractivity contribution is 5.72. The molecule has 0 aliphatic carbocycles. The highest BCUT2D eigenvalue weighted by Gasteiger charge is 2.21. The van der Waals surface area contributed by atoms with E-state index in [1.807, 2.05) is 13.8 Å². The van der Waals surface area contributed by atoms with Gasteiger partial charge in [-0.15, -0.1) is 0 Å². The highest BCUT2D eigenvalue weighted by atomic mass is 16.7. The molecular formula is C16H29NO6. The fourth-order valence-electron chi connectivity index (χ4n) is 2.00. The Bertz CT molecular complexity index is 394. The predicted molar refractivity (Wildman–Crippen MR) is 84.7 cm³/mol. The minimum absolute atomic E-state index is 0.0159. The van der Waals surface area contributed by atoms with Crippen LogP contribution in [0.1, 0.15) is 53.9 Å². The van der Waals surface area contributed by atoms with Crippen molar-refractivity contribution in [3.8, 4) is 0 Å². The predicted octanol–water partition coefficient (Wildman–Crippen LogP) is 2.78. The first-order valence-electron chi connectivity index (χ1n) is 8.02. The van der Waals surface area contributed by atoms with E-state index in [4.69, 9.17) is 14.6 Å². The van der Waals surface area contributed by atoms with Gasteiger partial charge in [-0.1, -0.05) is 34.6 Å². The van der Waals surface area contributed by atoms with Gasteiger partial charge in [-0.05, 0) is 18.3 Å². The third kappa shape index (κ3) is 10.5. The van der Waals surface area contributed by atoms with E-state index >= 15 is 0 Å². The topological polar surface area (TPSA) is 102 Å². The van der Waals surface area contributed by atoms with Crippen LogP contribution in [0, 0.1) is 17.8 Å². The van der Waals surface area contributed by atoms with E-state index in [0.29, 0.717) is 18.8 Å². The number of carboxylic acids is 1. The third-order valence-electron chi connectivity index (χ3n) is 3.09. The van der Waals surface area contributed by atoms with E-state index in [1.165, 1.54) is 0 Å². The molecule has 0 spiro atoms. The first-order chi connectivity index (χ1) is 10.6. The average molecular weight is 331 g/mol. The quantitative estimate of drug-likeness (QED) is 0.471. The Balaban J connectivity index is 4.37. The van der Waals surface area contributed by atoms with Gasteiger partial charge in [0.1, 0.15) is 0 Å². The number of carboxylic acid groups (broad SMARTS) is 1. The molecule has 0 saturated carbocycles. The summed E-state index contributed by atoms with van der Waals surface area (Å²) >= 11 is 0. The molecule has 0 aliphatic heterocycles. The van der Waals surface area contributed by atoms with Gasteiger partial charge in [-0.25, -0.2) is 4.79 Å². The molecule has 23 heavy (non-hydrogen) atoms. The van der Waals surface area contributed by atoms with Gasteiger partial charge in [-0.3, -0.25) is 9.59 Å². The van der Waals surface area contributed by atoms with E-state index in [1.54, 1.807) is 20.8 Å². The maximum Gasteiger partial charge on any atom is 0.410 e. The van der Waals surface area contributed by atoms with Crippen LogP contribution in [0.3, 0.4) is 0 Å². The van der Waals surface area contributed by atoms with E-state index in [0.717, 1.165) is 0 Å². The molecule has 0 bridgehead atoms. The molecule has 134 valence electrons. The first kappa shape index (κ1) is 21.2. The van der Waals surface area contributed by atoms with Crippen molar-refractivity contribution in [2.24, 2.45) is 17.8 Å². The first-order valence-corrected chi connectivity index (χ1v) is 8.02. The lowest BCUT2D eigenvalue weighted by molar-refractivity contribution is -0.172. The molecular weight excluding hydrogens is 302 g/mol. The molecule has 0 saturated heterocycles. The lowest BCUT2D eigenvalue weighted by Crippen LogP contribution is -2.35. The lowest BCUT2D eigenvalue weighted by atomic mass is 9.94. The van der Waals surface area contributed by atoms with Gasteiger partial charge in [0, 0.05) is 19.4 Å². The lowest BCUT2D eigenvalue weighted by Gasteiger charge is -2.20. The van der Waals surface area contributed by atoms with Crippen LogP contribution in [0.4, 0.5) is 4.79 Å². The molecule has 7 nitrogen and oxygen atoms in total. The Kier molecular flexibility index (Phi) is 10.0. The van der Waals surface area contributed by atoms with Gasteiger partial charge in [0.05, 0.1) is 5.92 Å². The zero-order chi connectivity index (χ0) is 18.0. The molecule has 0 rings (SSSR count). The number of esters is 1. The number of aliphatic carboxylic acids is 1. The second-order valence-electron chi connectivity index (χ2n) is 6.31. The normalized spacial score (nSPS) is 13.5. The zero-order valence-corrected chi connectivity index (χ0v) is 14.6. The van der Waals surface area contributed by atoms with Gasteiger partial charge in [0.15, 0.2) is 0 Å². The van der Waals surface area contributed by atoms with Crippen LogP contribution in [0.15, 0.2) is 0 Å². The van der Waals surface area contributed by atoms with Crippen molar-refractivity contribution in [2.45, 2.75) is 60.2 Å². The van der Waals surface area contributed by atoms with Crippen molar-refractivity contribution in [1.82, 2.24) is 5.32 Å². The summed E-state index contributed by atoms with van der Waals surface area (Å²) in [6, 6.07) is 0.